The maximum atomic E-state index is 12.7. The van der Waals surface area contributed by atoms with Gasteiger partial charge in [0.25, 0.3) is 0 Å². The molecule has 0 unspecified atom stereocenters. The fourth-order valence-corrected chi connectivity index (χ4v) is 3.93. The lowest BCUT2D eigenvalue weighted by Crippen LogP contribution is -2.37. The van der Waals surface area contributed by atoms with Crippen LogP contribution in [0.3, 0.4) is 0 Å². The molecule has 0 saturated heterocycles. The Bertz CT molecular complexity index is 586. The summed E-state index contributed by atoms with van der Waals surface area (Å²) in [7, 11) is -3.54. The van der Waals surface area contributed by atoms with Crippen molar-refractivity contribution in [1.82, 2.24) is 4.31 Å². The topological polar surface area (TPSA) is 61.2 Å². The van der Waals surface area contributed by atoms with E-state index in [0.29, 0.717) is 17.7 Å². The molecule has 0 saturated carbocycles. The fraction of sp³-hybridized carbons (Fsp3) is 0.500. The first-order valence-electron chi connectivity index (χ1n) is 6.37. The Labute approximate surface area is 115 Å². The van der Waals surface area contributed by atoms with Crippen LogP contribution in [0.4, 0.5) is 0 Å². The minimum Gasteiger partial charge on any atom is -0.207 e. The average Bonchev–Trinajstić information content (AvgIpc) is 2.35. The lowest BCUT2D eigenvalue weighted by molar-refractivity contribution is 0.354. The van der Waals surface area contributed by atoms with Gasteiger partial charge in [-0.05, 0) is 44.9 Å². The zero-order chi connectivity index (χ0) is 14.6. The number of hydrogen-bond acceptors (Lipinski definition) is 3. The zero-order valence-corrected chi connectivity index (χ0v) is 12.7. The maximum Gasteiger partial charge on any atom is 0.243 e. The first-order valence-corrected chi connectivity index (χ1v) is 7.81. The van der Waals surface area contributed by atoms with Crippen LogP contribution < -0.4 is 0 Å². The van der Waals surface area contributed by atoms with Crippen molar-refractivity contribution in [2.24, 2.45) is 0 Å². The molecule has 4 nitrogen and oxygen atoms in total. The van der Waals surface area contributed by atoms with Gasteiger partial charge in [0, 0.05) is 12.6 Å². The van der Waals surface area contributed by atoms with Crippen molar-refractivity contribution in [2.75, 3.05) is 6.54 Å². The highest BCUT2D eigenvalue weighted by atomic mass is 32.2. The molecule has 0 spiro atoms. The number of nitriles is 1. The number of hydrogen-bond donors (Lipinski definition) is 0. The lowest BCUT2D eigenvalue weighted by Gasteiger charge is -2.26. The molecule has 1 rings (SSSR count). The monoisotopic (exact) mass is 280 g/mol. The van der Waals surface area contributed by atoms with Crippen LogP contribution in [-0.4, -0.2) is 25.3 Å². The molecule has 0 amide bonds. The molecule has 1 aromatic carbocycles. The summed E-state index contributed by atoms with van der Waals surface area (Å²) in [6.07, 6.45) is 0.758. The Hall–Kier alpha value is -1.38. The van der Waals surface area contributed by atoms with E-state index in [1.54, 1.807) is 19.1 Å². The predicted molar refractivity (Wildman–Crippen MR) is 75.2 cm³/mol. The Morgan fingerprint density at radius 2 is 2.00 bits per heavy atom. The predicted octanol–water partition coefficient (Wildman–Crippen LogP) is 2.68. The van der Waals surface area contributed by atoms with E-state index < -0.39 is 10.0 Å². The van der Waals surface area contributed by atoms with Gasteiger partial charge in [0.05, 0.1) is 16.5 Å². The number of rotatable bonds is 5. The third kappa shape index (κ3) is 3.34. The van der Waals surface area contributed by atoms with E-state index in [-0.39, 0.29) is 10.9 Å². The first kappa shape index (κ1) is 15.7. The van der Waals surface area contributed by atoms with Crippen LogP contribution in [-0.2, 0) is 10.0 Å². The number of benzene rings is 1. The van der Waals surface area contributed by atoms with Crippen molar-refractivity contribution in [3.63, 3.8) is 0 Å². The van der Waals surface area contributed by atoms with Crippen molar-refractivity contribution in [1.29, 1.82) is 5.26 Å². The van der Waals surface area contributed by atoms with Crippen molar-refractivity contribution >= 4 is 10.0 Å². The molecule has 0 N–H and O–H groups in total. The van der Waals surface area contributed by atoms with Gasteiger partial charge >= 0.3 is 0 Å². The summed E-state index contributed by atoms with van der Waals surface area (Å²) in [6.45, 7) is 7.89. The van der Waals surface area contributed by atoms with Gasteiger partial charge in [0.15, 0.2) is 0 Å². The van der Waals surface area contributed by atoms with Crippen LogP contribution in [0, 0.1) is 18.3 Å². The van der Waals surface area contributed by atoms with Gasteiger partial charge in [0.1, 0.15) is 0 Å². The van der Waals surface area contributed by atoms with Crippen molar-refractivity contribution in [2.45, 2.75) is 45.1 Å². The highest BCUT2D eigenvalue weighted by Gasteiger charge is 2.27. The highest BCUT2D eigenvalue weighted by Crippen LogP contribution is 2.23. The van der Waals surface area contributed by atoms with E-state index in [2.05, 4.69) is 0 Å². The molecular formula is C14H20N2O2S. The molecule has 0 aliphatic heterocycles. The molecule has 104 valence electrons. The Morgan fingerprint density at radius 1 is 1.37 bits per heavy atom. The third-order valence-electron chi connectivity index (χ3n) is 2.92. The van der Waals surface area contributed by atoms with E-state index in [1.165, 1.54) is 10.4 Å². The Balaban J connectivity index is 3.37. The second kappa shape index (κ2) is 6.18. The van der Waals surface area contributed by atoms with Crippen LogP contribution in [0.15, 0.2) is 23.1 Å². The summed E-state index contributed by atoms with van der Waals surface area (Å²) in [5, 5.41) is 8.91. The standard InChI is InChI=1S/C14H20N2O2S/c1-5-8-16(11(2)3)19(17,18)14-9-13(10-15)7-6-12(14)4/h6-7,9,11H,5,8H2,1-4H3. The summed E-state index contributed by atoms with van der Waals surface area (Å²) in [4.78, 5) is 0.230. The quantitative estimate of drug-likeness (QED) is 0.833. The third-order valence-corrected chi connectivity index (χ3v) is 5.14. The van der Waals surface area contributed by atoms with Crippen LogP contribution in [0.5, 0.6) is 0 Å². The van der Waals surface area contributed by atoms with E-state index >= 15 is 0 Å². The SMILES string of the molecule is CCCN(C(C)C)S(=O)(=O)c1cc(C#N)ccc1C. The van der Waals surface area contributed by atoms with E-state index in [9.17, 15) is 8.42 Å². The molecule has 1 aromatic rings. The van der Waals surface area contributed by atoms with E-state index in [0.717, 1.165) is 6.42 Å². The minimum absolute atomic E-state index is 0.102. The van der Waals surface area contributed by atoms with Gasteiger partial charge in [-0.15, -0.1) is 0 Å². The summed E-state index contributed by atoms with van der Waals surface area (Å²) >= 11 is 0. The van der Waals surface area contributed by atoms with Crippen LogP contribution >= 0.6 is 0 Å². The number of nitrogens with zero attached hydrogens (tertiary/aromatic N) is 2. The number of aryl methyl sites for hydroxylation is 1. The summed E-state index contributed by atoms with van der Waals surface area (Å²) in [5.74, 6) is 0. The zero-order valence-electron chi connectivity index (χ0n) is 11.8. The first-order chi connectivity index (χ1) is 8.84. The summed E-state index contributed by atoms with van der Waals surface area (Å²) < 4.78 is 26.8. The smallest absolute Gasteiger partial charge is 0.207 e. The van der Waals surface area contributed by atoms with Crippen molar-refractivity contribution in [3.05, 3.63) is 29.3 Å². The van der Waals surface area contributed by atoms with Crippen molar-refractivity contribution < 1.29 is 8.42 Å². The normalized spacial score (nSPS) is 11.8. The second-order valence-corrected chi connectivity index (χ2v) is 6.66. The molecule has 0 aliphatic carbocycles. The Kier molecular flexibility index (Phi) is 5.10. The van der Waals surface area contributed by atoms with E-state index in [1.807, 2.05) is 26.8 Å². The molecule has 0 radical (unpaired) electrons. The van der Waals surface area contributed by atoms with Gasteiger partial charge in [-0.25, -0.2) is 8.42 Å². The molecule has 0 aliphatic rings. The van der Waals surface area contributed by atoms with Crippen molar-refractivity contribution in [3.8, 4) is 6.07 Å². The second-order valence-electron chi connectivity index (χ2n) is 4.80. The molecular weight excluding hydrogens is 260 g/mol. The highest BCUT2D eigenvalue weighted by molar-refractivity contribution is 7.89. The van der Waals surface area contributed by atoms with Gasteiger partial charge < -0.3 is 0 Å². The summed E-state index contributed by atoms with van der Waals surface area (Å²) in [6, 6.07) is 6.65. The molecule has 0 heterocycles. The van der Waals surface area contributed by atoms with Gasteiger partial charge in [-0.3, -0.25) is 0 Å². The van der Waals surface area contributed by atoms with Crippen LogP contribution in [0.25, 0.3) is 0 Å². The van der Waals surface area contributed by atoms with Gasteiger partial charge in [0.2, 0.25) is 10.0 Å². The summed E-state index contributed by atoms with van der Waals surface area (Å²) in [5.41, 5.74) is 1.03. The van der Waals surface area contributed by atoms with Crippen LogP contribution in [0.1, 0.15) is 38.3 Å². The molecule has 5 heteroatoms. The largest absolute Gasteiger partial charge is 0.243 e. The molecule has 0 bridgehead atoms. The number of sulfonamides is 1. The van der Waals surface area contributed by atoms with Gasteiger partial charge in [-0.2, -0.15) is 9.57 Å². The molecule has 0 atom stereocenters. The minimum atomic E-state index is -3.54. The Morgan fingerprint density at radius 3 is 2.47 bits per heavy atom. The average molecular weight is 280 g/mol. The van der Waals surface area contributed by atoms with E-state index in [4.69, 9.17) is 5.26 Å². The molecule has 19 heavy (non-hydrogen) atoms. The fourth-order valence-electron chi connectivity index (χ4n) is 1.95. The lowest BCUT2D eigenvalue weighted by atomic mass is 10.2. The van der Waals surface area contributed by atoms with Gasteiger partial charge in [-0.1, -0.05) is 13.0 Å². The van der Waals surface area contributed by atoms with Crippen LogP contribution in [0.2, 0.25) is 0 Å². The molecule has 0 aromatic heterocycles. The maximum absolute atomic E-state index is 12.7. The molecule has 0 fully saturated rings.